The molecule has 3 rings (SSSR count). The highest BCUT2D eigenvalue weighted by Crippen LogP contribution is 2.26. The van der Waals surface area contributed by atoms with Crippen molar-refractivity contribution < 1.29 is 9.53 Å². The fourth-order valence-corrected chi connectivity index (χ4v) is 2.29. The maximum atomic E-state index is 11.6. The molecule has 0 aliphatic heterocycles. The monoisotopic (exact) mass is 304 g/mol. The van der Waals surface area contributed by atoms with Gasteiger partial charge < -0.3 is 10.5 Å². The van der Waals surface area contributed by atoms with Crippen LogP contribution in [0.4, 0.5) is 0 Å². The summed E-state index contributed by atoms with van der Waals surface area (Å²) in [6.45, 7) is 1.88. The molecule has 0 fully saturated rings. The van der Waals surface area contributed by atoms with Crippen molar-refractivity contribution >= 4 is 5.91 Å². The van der Waals surface area contributed by atoms with Crippen LogP contribution in [0.25, 0.3) is 11.3 Å². The quantitative estimate of drug-likeness (QED) is 0.793. The van der Waals surface area contributed by atoms with Gasteiger partial charge in [-0.15, -0.1) is 0 Å². The highest BCUT2D eigenvalue weighted by atomic mass is 16.5. The lowest BCUT2D eigenvalue weighted by molar-refractivity contribution is 0.100. The van der Waals surface area contributed by atoms with Gasteiger partial charge in [-0.1, -0.05) is 18.2 Å². The first-order valence-electron chi connectivity index (χ1n) is 7.23. The van der Waals surface area contributed by atoms with E-state index in [4.69, 9.17) is 10.5 Å². The molecule has 3 aromatic rings. The molecule has 2 aromatic carbocycles. The van der Waals surface area contributed by atoms with Gasteiger partial charge in [-0.05, 0) is 55.0 Å². The number of nitrogens with two attached hydrogens (primary N) is 1. The smallest absolute Gasteiger partial charge is 0.250 e. The molecular formula is C19H16N2O2. The molecule has 114 valence electrons. The zero-order valence-electron chi connectivity index (χ0n) is 12.7. The van der Waals surface area contributed by atoms with Crippen LogP contribution >= 0.6 is 0 Å². The fraction of sp³-hybridized carbons (Fsp3) is 0.0526. The molecule has 1 aromatic heterocycles. The first-order chi connectivity index (χ1) is 11.1. The van der Waals surface area contributed by atoms with Crippen molar-refractivity contribution in [1.29, 1.82) is 0 Å². The van der Waals surface area contributed by atoms with E-state index in [0.29, 0.717) is 17.0 Å². The number of nitrogens with zero attached hydrogens (tertiary/aromatic N) is 1. The van der Waals surface area contributed by atoms with Crippen LogP contribution in [0.1, 0.15) is 15.9 Å². The Balaban J connectivity index is 1.90. The van der Waals surface area contributed by atoms with Gasteiger partial charge in [-0.2, -0.15) is 0 Å². The minimum atomic E-state index is -0.485. The van der Waals surface area contributed by atoms with Crippen LogP contribution in [0.5, 0.6) is 11.5 Å². The minimum absolute atomic E-state index is 0.418. The maximum absolute atomic E-state index is 11.6. The molecule has 0 saturated carbocycles. The summed E-state index contributed by atoms with van der Waals surface area (Å²) in [6.07, 6.45) is 1.72. The summed E-state index contributed by atoms with van der Waals surface area (Å²) >= 11 is 0. The molecule has 0 radical (unpaired) electrons. The number of amides is 1. The molecule has 1 heterocycles. The van der Waals surface area contributed by atoms with Gasteiger partial charge in [0.05, 0.1) is 11.3 Å². The number of aromatic nitrogens is 1. The van der Waals surface area contributed by atoms with E-state index in [1.54, 1.807) is 12.3 Å². The fourth-order valence-electron chi connectivity index (χ4n) is 2.29. The number of carbonyl (C=O) groups excluding carboxylic acids is 1. The number of aryl methyl sites for hydroxylation is 1. The summed E-state index contributed by atoms with van der Waals surface area (Å²) in [7, 11) is 0. The maximum Gasteiger partial charge on any atom is 0.250 e. The molecule has 4 heteroatoms. The van der Waals surface area contributed by atoms with Gasteiger partial charge in [0.15, 0.2) is 0 Å². The third-order valence-electron chi connectivity index (χ3n) is 3.40. The van der Waals surface area contributed by atoms with Gasteiger partial charge in [0, 0.05) is 11.8 Å². The number of rotatable bonds is 4. The molecule has 0 bridgehead atoms. The van der Waals surface area contributed by atoms with Crippen LogP contribution in [0.2, 0.25) is 0 Å². The molecule has 0 atom stereocenters. The molecule has 1 amide bonds. The van der Waals surface area contributed by atoms with E-state index in [1.165, 1.54) is 0 Å². The SMILES string of the molecule is Cc1cnc(-c2ccc(Oc3ccccc3)cc2)c(C(N)=O)c1. The second-order valence-corrected chi connectivity index (χ2v) is 5.21. The van der Waals surface area contributed by atoms with Gasteiger partial charge in [-0.3, -0.25) is 9.78 Å². The average Bonchev–Trinajstić information content (AvgIpc) is 2.56. The van der Waals surface area contributed by atoms with Crippen molar-refractivity contribution in [1.82, 2.24) is 4.98 Å². The van der Waals surface area contributed by atoms with Gasteiger partial charge in [0.2, 0.25) is 0 Å². The lowest BCUT2D eigenvalue weighted by Gasteiger charge is -2.09. The zero-order chi connectivity index (χ0) is 16.2. The Morgan fingerprint density at radius 2 is 1.65 bits per heavy atom. The summed E-state index contributed by atoms with van der Waals surface area (Å²) in [5, 5.41) is 0. The molecule has 0 spiro atoms. The van der Waals surface area contributed by atoms with Crippen LogP contribution in [0, 0.1) is 6.92 Å². The molecule has 0 aliphatic rings. The van der Waals surface area contributed by atoms with Crippen LogP contribution in [-0.4, -0.2) is 10.9 Å². The number of hydrogen-bond acceptors (Lipinski definition) is 3. The van der Waals surface area contributed by atoms with E-state index in [9.17, 15) is 4.79 Å². The number of para-hydroxylation sites is 1. The van der Waals surface area contributed by atoms with E-state index in [-0.39, 0.29) is 0 Å². The second-order valence-electron chi connectivity index (χ2n) is 5.21. The highest BCUT2D eigenvalue weighted by Gasteiger charge is 2.12. The molecule has 4 nitrogen and oxygen atoms in total. The Morgan fingerprint density at radius 3 is 2.30 bits per heavy atom. The normalized spacial score (nSPS) is 10.3. The number of hydrogen-bond donors (Lipinski definition) is 1. The Morgan fingerprint density at radius 1 is 1.00 bits per heavy atom. The average molecular weight is 304 g/mol. The third-order valence-corrected chi connectivity index (χ3v) is 3.40. The Bertz CT molecular complexity index is 828. The largest absolute Gasteiger partial charge is 0.457 e. The summed E-state index contributed by atoms with van der Waals surface area (Å²) in [6, 6.07) is 18.7. The van der Waals surface area contributed by atoms with E-state index in [0.717, 1.165) is 16.9 Å². The van der Waals surface area contributed by atoms with Gasteiger partial charge in [-0.25, -0.2) is 0 Å². The topological polar surface area (TPSA) is 65.2 Å². The number of benzene rings is 2. The van der Waals surface area contributed by atoms with Gasteiger partial charge in [0.1, 0.15) is 11.5 Å². The van der Waals surface area contributed by atoms with Gasteiger partial charge in [0.25, 0.3) is 5.91 Å². The lowest BCUT2D eigenvalue weighted by Crippen LogP contribution is -2.13. The summed E-state index contributed by atoms with van der Waals surface area (Å²) < 4.78 is 5.75. The van der Waals surface area contributed by atoms with E-state index >= 15 is 0 Å². The second kappa shape index (κ2) is 6.32. The van der Waals surface area contributed by atoms with E-state index in [1.807, 2.05) is 61.5 Å². The number of carbonyl (C=O) groups is 1. The molecule has 0 saturated heterocycles. The van der Waals surface area contributed by atoms with Crippen LogP contribution < -0.4 is 10.5 Å². The molecular weight excluding hydrogens is 288 g/mol. The van der Waals surface area contributed by atoms with Crippen molar-refractivity contribution in [2.24, 2.45) is 5.73 Å². The lowest BCUT2D eigenvalue weighted by atomic mass is 10.0. The van der Waals surface area contributed by atoms with Crippen molar-refractivity contribution in [3.8, 4) is 22.8 Å². The molecule has 2 N–H and O–H groups in total. The van der Waals surface area contributed by atoms with Crippen molar-refractivity contribution in [3.63, 3.8) is 0 Å². The number of ether oxygens (including phenoxy) is 1. The Kier molecular flexibility index (Phi) is 4.06. The first-order valence-corrected chi connectivity index (χ1v) is 7.23. The summed E-state index contributed by atoms with van der Waals surface area (Å²) in [5.41, 5.74) is 8.16. The summed E-state index contributed by atoms with van der Waals surface area (Å²) in [5.74, 6) is 1.00. The minimum Gasteiger partial charge on any atom is -0.457 e. The van der Waals surface area contributed by atoms with Gasteiger partial charge >= 0.3 is 0 Å². The molecule has 0 unspecified atom stereocenters. The van der Waals surface area contributed by atoms with E-state index in [2.05, 4.69) is 4.98 Å². The number of primary amides is 1. The highest BCUT2D eigenvalue weighted by molar-refractivity contribution is 5.98. The Hall–Kier alpha value is -3.14. The summed E-state index contributed by atoms with van der Waals surface area (Å²) in [4.78, 5) is 16.0. The van der Waals surface area contributed by atoms with Crippen LogP contribution in [-0.2, 0) is 0 Å². The van der Waals surface area contributed by atoms with Crippen LogP contribution in [0.3, 0.4) is 0 Å². The zero-order valence-corrected chi connectivity index (χ0v) is 12.7. The Labute approximate surface area is 134 Å². The van der Waals surface area contributed by atoms with Crippen molar-refractivity contribution in [2.75, 3.05) is 0 Å². The van der Waals surface area contributed by atoms with Crippen LogP contribution in [0.15, 0.2) is 66.9 Å². The first kappa shape index (κ1) is 14.8. The van der Waals surface area contributed by atoms with Crippen molar-refractivity contribution in [2.45, 2.75) is 6.92 Å². The molecule has 23 heavy (non-hydrogen) atoms. The van der Waals surface area contributed by atoms with Crippen molar-refractivity contribution in [3.05, 3.63) is 78.0 Å². The van der Waals surface area contributed by atoms with E-state index < -0.39 is 5.91 Å². The predicted octanol–water partition coefficient (Wildman–Crippen LogP) is 3.95. The standard InChI is InChI=1S/C19H16N2O2/c1-13-11-17(19(20)22)18(21-12-13)14-7-9-16(10-8-14)23-15-5-3-2-4-6-15/h2-12H,1H3,(H2,20,22). The molecule has 0 aliphatic carbocycles. The predicted molar refractivity (Wildman–Crippen MR) is 89.4 cm³/mol. The third kappa shape index (κ3) is 3.37. The number of pyridine rings is 1.